The van der Waals surface area contributed by atoms with Gasteiger partial charge in [-0.3, -0.25) is 19.1 Å². The second kappa shape index (κ2) is 6.62. The van der Waals surface area contributed by atoms with Crippen molar-refractivity contribution in [3.63, 3.8) is 0 Å². The van der Waals surface area contributed by atoms with Gasteiger partial charge >= 0.3 is 11.8 Å². The molecule has 0 unspecified atom stereocenters. The van der Waals surface area contributed by atoms with E-state index in [9.17, 15) is 14.4 Å². The Balaban J connectivity index is 1.54. The van der Waals surface area contributed by atoms with Gasteiger partial charge in [0.25, 0.3) is 0 Å². The van der Waals surface area contributed by atoms with E-state index in [2.05, 4.69) is 10.4 Å². The zero-order valence-electron chi connectivity index (χ0n) is 14.1. The van der Waals surface area contributed by atoms with E-state index < -0.39 is 11.8 Å². The maximum Gasteiger partial charge on any atom is 0.313 e. The predicted molar refractivity (Wildman–Crippen MR) is 87.3 cm³/mol. The van der Waals surface area contributed by atoms with Crippen molar-refractivity contribution in [3.05, 3.63) is 11.9 Å². The van der Waals surface area contributed by atoms with Crippen molar-refractivity contribution in [2.24, 2.45) is 7.05 Å². The highest BCUT2D eigenvalue weighted by atomic mass is 16.2. The molecule has 0 spiro atoms. The van der Waals surface area contributed by atoms with Crippen LogP contribution in [0.5, 0.6) is 0 Å². The Hall–Kier alpha value is -2.38. The average Bonchev–Trinajstić information content (AvgIpc) is 3.21. The van der Waals surface area contributed by atoms with Gasteiger partial charge in [0, 0.05) is 52.3 Å². The molecule has 1 aliphatic carbocycles. The summed E-state index contributed by atoms with van der Waals surface area (Å²) in [6, 6.07) is 0. The van der Waals surface area contributed by atoms with Crippen LogP contribution in [0.25, 0.3) is 0 Å². The van der Waals surface area contributed by atoms with Crippen molar-refractivity contribution >= 4 is 23.4 Å². The van der Waals surface area contributed by atoms with E-state index in [0.29, 0.717) is 31.1 Å². The van der Waals surface area contributed by atoms with Crippen LogP contribution in [0.3, 0.4) is 0 Å². The molecule has 3 amide bonds. The maximum atomic E-state index is 12.2. The van der Waals surface area contributed by atoms with Gasteiger partial charge in [0.1, 0.15) is 0 Å². The van der Waals surface area contributed by atoms with Gasteiger partial charge in [-0.15, -0.1) is 0 Å². The summed E-state index contributed by atoms with van der Waals surface area (Å²) in [5.74, 6) is -0.771. The van der Waals surface area contributed by atoms with E-state index in [-0.39, 0.29) is 5.91 Å². The molecule has 1 aromatic rings. The fraction of sp³-hybridized carbons (Fsp3) is 0.625. The number of rotatable bonds is 5. The van der Waals surface area contributed by atoms with Crippen LogP contribution < -0.4 is 5.32 Å². The number of carbonyl (C=O) groups is 3. The Morgan fingerprint density at radius 2 is 2.17 bits per heavy atom. The van der Waals surface area contributed by atoms with Crippen LogP contribution in [0.1, 0.15) is 37.3 Å². The van der Waals surface area contributed by atoms with E-state index in [1.165, 1.54) is 4.90 Å². The molecular formula is C16H23N5O3. The minimum absolute atomic E-state index is 0.115. The summed E-state index contributed by atoms with van der Waals surface area (Å²) in [6.07, 6.45) is 5.29. The number of likely N-dealkylation sites (N-methyl/N-ethyl adjacent to an activating group) is 1. The molecule has 24 heavy (non-hydrogen) atoms. The first-order valence-corrected chi connectivity index (χ1v) is 8.33. The van der Waals surface area contributed by atoms with Gasteiger partial charge in [-0.2, -0.15) is 5.10 Å². The zero-order valence-corrected chi connectivity index (χ0v) is 14.1. The summed E-state index contributed by atoms with van der Waals surface area (Å²) >= 11 is 0. The van der Waals surface area contributed by atoms with Gasteiger partial charge in [-0.25, -0.2) is 0 Å². The van der Waals surface area contributed by atoms with Gasteiger partial charge in [0.05, 0.1) is 11.4 Å². The van der Waals surface area contributed by atoms with Crippen molar-refractivity contribution in [2.45, 2.75) is 31.6 Å². The fourth-order valence-corrected chi connectivity index (χ4v) is 2.92. The second-order valence-corrected chi connectivity index (χ2v) is 6.54. The third kappa shape index (κ3) is 3.58. The molecule has 0 radical (unpaired) electrons. The maximum absolute atomic E-state index is 12.2. The molecule has 2 aliphatic rings. The molecule has 2 fully saturated rings. The van der Waals surface area contributed by atoms with Crippen LogP contribution in [0, 0.1) is 0 Å². The molecule has 1 aliphatic heterocycles. The smallest absolute Gasteiger partial charge is 0.313 e. The highest BCUT2D eigenvalue weighted by Crippen LogP contribution is 2.42. The minimum Gasteiger partial charge on any atom is -0.341 e. The summed E-state index contributed by atoms with van der Waals surface area (Å²) in [4.78, 5) is 39.1. The van der Waals surface area contributed by atoms with E-state index in [4.69, 9.17) is 0 Å². The highest BCUT2D eigenvalue weighted by Gasteiger charge is 2.31. The summed E-state index contributed by atoms with van der Waals surface area (Å²) in [6.45, 7) is 1.54. The van der Waals surface area contributed by atoms with Crippen molar-refractivity contribution in [3.8, 4) is 0 Å². The van der Waals surface area contributed by atoms with Crippen molar-refractivity contribution in [1.82, 2.24) is 19.6 Å². The Bertz CT molecular complexity index is 665. The lowest BCUT2D eigenvalue weighted by molar-refractivity contribution is -0.142. The zero-order chi connectivity index (χ0) is 17.3. The van der Waals surface area contributed by atoms with E-state index in [0.717, 1.165) is 31.5 Å². The largest absolute Gasteiger partial charge is 0.341 e. The molecule has 1 saturated heterocycles. The molecular weight excluding hydrogens is 310 g/mol. The van der Waals surface area contributed by atoms with E-state index >= 15 is 0 Å². The fourth-order valence-electron chi connectivity index (χ4n) is 2.92. The summed E-state index contributed by atoms with van der Waals surface area (Å²) in [5.41, 5.74) is 1.46. The number of nitrogens with one attached hydrogen (secondary N) is 1. The lowest BCUT2D eigenvalue weighted by Crippen LogP contribution is -2.41. The first-order valence-electron chi connectivity index (χ1n) is 8.33. The number of nitrogens with zero attached hydrogens (tertiary/aromatic N) is 4. The normalized spacial score (nSPS) is 17.2. The molecule has 1 N–H and O–H groups in total. The lowest BCUT2D eigenvalue weighted by Gasteiger charge is -2.21. The molecule has 3 rings (SSSR count). The van der Waals surface area contributed by atoms with Gasteiger partial charge in [0.2, 0.25) is 5.91 Å². The number of carbonyl (C=O) groups excluding carboxylic acids is 3. The van der Waals surface area contributed by atoms with Crippen LogP contribution in [-0.2, 0) is 21.4 Å². The van der Waals surface area contributed by atoms with Crippen LogP contribution in [-0.4, -0.2) is 64.0 Å². The van der Waals surface area contributed by atoms with Gasteiger partial charge in [0.15, 0.2) is 0 Å². The quantitative estimate of drug-likeness (QED) is 0.786. The van der Waals surface area contributed by atoms with Crippen LogP contribution in [0.15, 0.2) is 6.20 Å². The third-order valence-corrected chi connectivity index (χ3v) is 4.49. The molecule has 8 nitrogen and oxygen atoms in total. The van der Waals surface area contributed by atoms with Gasteiger partial charge in [-0.05, 0) is 19.3 Å². The molecule has 8 heteroatoms. The number of hydrogen-bond acceptors (Lipinski definition) is 4. The molecule has 0 atom stereocenters. The van der Waals surface area contributed by atoms with E-state index in [1.807, 2.05) is 0 Å². The SMILES string of the molecule is CN(CCN1CCCC1=O)C(=O)C(=O)Nc1cn(C)nc1C1CC1. The molecule has 0 bridgehead atoms. The second-order valence-electron chi connectivity index (χ2n) is 6.54. The monoisotopic (exact) mass is 333 g/mol. The Labute approximate surface area is 140 Å². The Morgan fingerprint density at radius 1 is 1.42 bits per heavy atom. The van der Waals surface area contributed by atoms with Crippen molar-refractivity contribution < 1.29 is 14.4 Å². The first-order chi connectivity index (χ1) is 11.5. The number of amides is 3. The van der Waals surface area contributed by atoms with Crippen molar-refractivity contribution in [1.29, 1.82) is 0 Å². The molecule has 1 saturated carbocycles. The molecule has 2 heterocycles. The number of aromatic nitrogens is 2. The molecule has 1 aromatic heterocycles. The van der Waals surface area contributed by atoms with Gasteiger partial charge in [-0.1, -0.05) is 0 Å². The predicted octanol–water partition coefficient (Wildman–Crippen LogP) is 0.317. The first kappa shape index (κ1) is 16.5. The standard InChI is InChI=1S/C16H23N5O3/c1-19(8-9-21-7-3-4-13(21)22)16(24)15(23)17-12-10-20(2)18-14(12)11-5-6-11/h10-11H,3-9H2,1-2H3,(H,17,23). The third-order valence-electron chi connectivity index (χ3n) is 4.49. The summed E-state index contributed by atoms with van der Waals surface area (Å²) in [5, 5.41) is 7.04. The molecule has 0 aromatic carbocycles. The number of aryl methyl sites for hydroxylation is 1. The Morgan fingerprint density at radius 3 is 2.79 bits per heavy atom. The number of hydrogen-bond donors (Lipinski definition) is 1. The molecule has 130 valence electrons. The van der Waals surface area contributed by atoms with Crippen LogP contribution >= 0.6 is 0 Å². The van der Waals surface area contributed by atoms with E-state index in [1.54, 1.807) is 29.9 Å². The highest BCUT2D eigenvalue weighted by molar-refractivity contribution is 6.39. The van der Waals surface area contributed by atoms with Crippen LogP contribution in [0.4, 0.5) is 5.69 Å². The summed E-state index contributed by atoms with van der Waals surface area (Å²) < 4.78 is 1.65. The summed E-state index contributed by atoms with van der Waals surface area (Å²) in [7, 11) is 3.37. The Kier molecular flexibility index (Phi) is 4.55. The lowest BCUT2D eigenvalue weighted by atomic mass is 10.2. The van der Waals surface area contributed by atoms with Gasteiger partial charge < -0.3 is 15.1 Å². The average molecular weight is 333 g/mol. The topological polar surface area (TPSA) is 87.5 Å². The number of anilines is 1. The minimum atomic E-state index is -0.667. The number of likely N-dealkylation sites (tertiary alicyclic amines) is 1. The van der Waals surface area contributed by atoms with Crippen LogP contribution in [0.2, 0.25) is 0 Å². The van der Waals surface area contributed by atoms with Crippen molar-refractivity contribution in [2.75, 3.05) is 32.0 Å².